The van der Waals surface area contributed by atoms with E-state index in [0.29, 0.717) is 37.7 Å². The summed E-state index contributed by atoms with van der Waals surface area (Å²) in [4.78, 5) is 33.6. The smallest absolute Gasteiger partial charge is 0.451 e. The zero-order chi connectivity index (χ0) is 31.5. The number of amides is 2. The van der Waals surface area contributed by atoms with Crippen molar-refractivity contribution in [3.63, 3.8) is 0 Å². The second kappa shape index (κ2) is 12.6. The van der Waals surface area contributed by atoms with Gasteiger partial charge in [0, 0.05) is 49.2 Å². The molecule has 1 saturated heterocycles. The molecule has 3 aromatic carbocycles. The van der Waals surface area contributed by atoms with Crippen LogP contribution in [0.4, 0.5) is 23.7 Å². The molecule has 0 bridgehead atoms. The van der Waals surface area contributed by atoms with E-state index in [1.54, 1.807) is 59.5 Å². The van der Waals surface area contributed by atoms with Crippen molar-refractivity contribution in [2.45, 2.75) is 12.1 Å². The first-order valence-corrected chi connectivity index (χ1v) is 14.9. The molecule has 1 aliphatic heterocycles. The van der Waals surface area contributed by atoms with Crippen LogP contribution in [0, 0.1) is 0 Å². The summed E-state index contributed by atoms with van der Waals surface area (Å²) in [6.45, 7) is -0.732. The number of nitrogens with zero attached hydrogens (tertiary/aromatic N) is 4. The van der Waals surface area contributed by atoms with Crippen molar-refractivity contribution < 1.29 is 35.9 Å². The number of hydrazine groups is 1. The van der Waals surface area contributed by atoms with E-state index in [0.717, 1.165) is 5.01 Å². The standard InChI is InChI=1S/C30H28F3N5O5S/c1-43-29(40)38(22-12-6-3-7-13-22)35-28(39)26-23-14-8-9-15-25(23)34-27(21-10-4-2-5-11-21)24(26)20-36-16-18-37(19-17-36)44(41,42)30(31,32)33/h2-15H,16-20H2,1H3,(H,35,39). The average molecular weight is 628 g/mol. The first-order valence-electron chi connectivity index (χ1n) is 13.5. The third-order valence-corrected chi connectivity index (χ3v) is 8.83. The van der Waals surface area contributed by atoms with Crippen molar-refractivity contribution in [3.8, 4) is 11.3 Å². The van der Waals surface area contributed by atoms with Gasteiger partial charge in [0.2, 0.25) is 0 Å². The molecular weight excluding hydrogens is 599 g/mol. The van der Waals surface area contributed by atoms with E-state index in [-0.39, 0.29) is 38.3 Å². The Labute approximate surface area is 251 Å². The Morgan fingerprint density at radius 1 is 0.909 bits per heavy atom. The number of anilines is 1. The highest BCUT2D eigenvalue weighted by Crippen LogP contribution is 2.33. The minimum Gasteiger partial charge on any atom is -0.451 e. The molecule has 2 heterocycles. The highest BCUT2D eigenvalue weighted by Gasteiger charge is 2.50. The molecule has 10 nitrogen and oxygen atoms in total. The summed E-state index contributed by atoms with van der Waals surface area (Å²) in [5.74, 6) is -0.650. The Morgan fingerprint density at radius 3 is 2.11 bits per heavy atom. The number of carbonyl (C=O) groups is 2. The van der Waals surface area contributed by atoms with Gasteiger partial charge in [-0.25, -0.2) is 18.2 Å². The van der Waals surface area contributed by atoms with Crippen molar-refractivity contribution in [3.05, 3.63) is 96.1 Å². The molecule has 0 atom stereocenters. The van der Waals surface area contributed by atoms with Gasteiger partial charge in [0.1, 0.15) is 0 Å². The molecule has 0 unspecified atom stereocenters. The maximum Gasteiger partial charge on any atom is 0.511 e. The topological polar surface area (TPSA) is 112 Å². The van der Waals surface area contributed by atoms with Crippen LogP contribution >= 0.6 is 0 Å². The lowest BCUT2D eigenvalue weighted by atomic mass is 9.95. The number of fused-ring (bicyclic) bond motifs is 1. The van der Waals surface area contributed by atoms with Crippen LogP contribution in [0.2, 0.25) is 0 Å². The zero-order valence-electron chi connectivity index (χ0n) is 23.5. The monoisotopic (exact) mass is 627 g/mol. The number of pyridine rings is 1. The molecule has 1 N–H and O–H groups in total. The fraction of sp³-hybridized carbons (Fsp3) is 0.233. The van der Waals surface area contributed by atoms with Gasteiger partial charge in [-0.05, 0) is 18.2 Å². The minimum absolute atomic E-state index is 0.0181. The van der Waals surface area contributed by atoms with Gasteiger partial charge >= 0.3 is 21.6 Å². The van der Waals surface area contributed by atoms with E-state index in [9.17, 15) is 31.2 Å². The normalized spacial score (nSPS) is 14.7. The highest BCUT2D eigenvalue weighted by atomic mass is 32.2. The number of hydrogen-bond acceptors (Lipinski definition) is 7. The van der Waals surface area contributed by atoms with E-state index >= 15 is 0 Å². The minimum atomic E-state index is -5.47. The molecule has 44 heavy (non-hydrogen) atoms. The lowest BCUT2D eigenvalue weighted by Crippen LogP contribution is -2.51. The average Bonchev–Trinajstić information content (AvgIpc) is 3.03. The summed E-state index contributed by atoms with van der Waals surface area (Å²) in [7, 11) is -4.28. The molecule has 0 radical (unpaired) electrons. The number of alkyl halides is 3. The lowest BCUT2D eigenvalue weighted by Gasteiger charge is -2.35. The van der Waals surface area contributed by atoms with Crippen LogP contribution in [-0.2, 0) is 21.3 Å². The fourth-order valence-electron chi connectivity index (χ4n) is 5.04. The summed E-state index contributed by atoms with van der Waals surface area (Å²) in [5.41, 5.74) is -0.0863. The summed E-state index contributed by atoms with van der Waals surface area (Å²) in [5, 5.41) is 1.46. The van der Waals surface area contributed by atoms with Crippen LogP contribution < -0.4 is 10.4 Å². The molecule has 14 heteroatoms. The largest absolute Gasteiger partial charge is 0.511 e. The second-order valence-electron chi connectivity index (χ2n) is 9.91. The van der Waals surface area contributed by atoms with Crippen molar-refractivity contribution in [2.24, 2.45) is 0 Å². The number of piperazine rings is 1. The third kappa shape index (κ3) is 6.23. The molecule has 1 aromatic heterocycles. The summed E-state index contributed by atoms with van der Waals surface area (Å²) in [6.07, 6.45) is -0.838. The molecule has 5 rings (SSSR count). The molecule has 230 valence electrons. The number of benzene rings is 3. The van der Waals surface area contributed by atoms with Crippen LogP contribution in [-0.4, -0.2) is 73.4 Å². The summed E-state index contributed by atoms with van der Waals surface area (Å²) in [6, 6.07) is 24.4. The number of methoxy groups -OCH3 is 1. The number of sulfonamides is 1. The summed E-state index contributed by atoms with van der Waals surface area (Å²) >= 11 is 0. The quantitative estimate of drug-likeness (QED) is 0.306. The van der Waals surface area contributed by atoms with Crippen LogP contribution in [0.5, 0.6) is 0 Å². The van der Waals surface area contributed by atoms with Crippen molar-refractivity contribution in [1.29, 1.82) is 0 Å². The SMILES string of the molecule is COC(=O)N(NC(=O)c1c(CN2CCN(S(=O)(=O)C(F)(F)F)CC2)c(-c2ccccc2)nc2ccccc12)c1ccccc1. The Hall–Kier alpha value is -4.53. The number of halogens is 3. The first-order chi connectivity index (χ1) is 21.0. The number of carbonyl (C=O) groups excluding carboxylic acids is 2. The van der Waals surface area contributed by atoms with E-state index in [2.05, 4.69) is 5.43 Å². The van der Waals surface area contributed by atoms with Crippen LogP contribution in [0.25, 0.3) is 22.2 Å². The molecule has 1 fully saturated rings. The number of para-hydroxylation sites is 2. The maximum atomic E-state index is 14.2. The number of ether oxygens (including phenoxy) is 1. The van der Waals surface area contributed by atoms with Gasteiger partial charge in [0.05, 0.1) is 29.6 Å². The second-order valence-corrected chi connectivity index (χ2v) is 11.8. The van der Waals surface area contributed by atoms with Crippen molar-refractivity contribution >= 4 is 38.6 Å². The molecule has 0 spiro atoms. The van der Waals surface area contributed by atoms with E-state index in [4.69, 9.17) is 9.72 Å². The Kier molecular flexibility index (Phi) is 8.85. The van der Waals surface area contributed by atoms with Crippen molar-refractivity contribution in [1.82, 2.24) is 19.6 Å². The number of hydrogen-bond donors (Lipinski definition) is 1. The molecule has 1 aliphatic rings. The van der Waals surface area contributed by atoms with Gasteiger partial charge < -0.3 is 4.74 Å². The number of aromatic nitrogens is 1. The van der Waals surface area contributed by atoms with Gasteiger partial charge in [-0.1, -0.05) is 66.7 Å². The molecule has 0 saturated carbocycles. The molecule has 4 aromatic rings. The van der Waals surface area contributed by atoms with Crippen molar-refractivity contribution in [2.75, 3.05) is 38.3 Å². The van der Waals surface area contributed by atoms with Crippen LogP contribution in [0.1, 0.15) is 15.9 Å². The predicted molar refractivity (Wildman–Crippen MR) is 158 cm³/mol. The van der Waals surface area contributed by atoms with Gasteiger partial charge in [0.15, 0.2) is 0 Å². The Morgan fingerprint density at radius 2 is 1.50 bits per heavy atom. The fourth-order valence-corrected chi connectivity index (χ4v) is 5.98. The molecule has 0 aliphatic carbocycles. The van der Waals surface area contributed by atoms with Gasteiger partial charge in [-0.15, -0.1) is 0 Å². The van der Waals surface area contributed by atoms with Crippen LogP contribution in [0.3, 0.4) is 0 Å². The molecular formula is C30H28F3N5O5S. The third-order valence-electron chi connectivity index (χ3n) is 7.20. The Bertz CT molecular complexity index is 1760. The maximum absolute atomic E-state index is 14.2. The van der Waals surface area contributed by atoms with Gasteiger partial charge in [-0.3, -0.25) is 15.1 Å². The Balaban J connectivity index is 1.58. The summed E-state index contributed by atoms with van der Waals surface area (Å²) < 4.78 is 68.8. The molecule has 2 amide bonds. The first kappa shape index (κ1) is 30.9. The van der Waals surface area contributed by atoms with Gasteiger partial charge in [-0.2, -0.15) is 22.5 Å². The predicted octanol–water partition coefficient (Wildman–Crippen LogP) is 4.79. The zero-order valence-corrected chi connectivity index (χ0v) is 24.3. The lowest BCUT2D eigenvalue weighted by molar-refractivity contribution is -0.0500. The number of rotatable bonds is 6. The van der Waals surface area contributed by atoms with E-state index in [1.165, 1.54) is 7.11 Å². The van der Waals surface area contributed by atoms with Gasteiger partial charge in [0.25, 0.3) is 5.91 Å². The van der Waals surface area contributed by atoms with E-state index < -0.39 is 27.5 Å². The number of nitrogens with one attached hydrogen (secondary N) is 1. The highest BCUT2D eigenvalue weighted by molar-refractivity contribution is 7.90. The van der Waals surface area contributed by atoms with E-state index in [1.807, 2.05) is 30.3 Å². The van der Waals surface area contributed by atoms with Crippen LogP contribution in [0.15, 0.2) is 84.9 Å².